The van der Waals surface area contributed by atoms with E-state index < -0.39 is 0 Å². The largest absolute Gasteiger partial charge is 0.338 e. The Balaban J connectivity index is 2.02. The molecular formula is C18H10BrN5. The third-order valence-electron chi connectivity index (χ3n) is 3.26. The number of aliphatic imine (C=N–C) groups is 2. The van der Waals surface area contributed by atoms with Crippen molar-refractivity contribution in [1.82, 2.24) is 0 Å². The summed E-state index contributed by atoms with van der Waals surface area (Å²) in [6.07, 6.45) is 0. The molecule has 24 heavy (non-hydrogen) atoms. The highest BCUT2D eigenvalue weighted by Crippen LogP contribution is 2.21. The Bertz CT molecular complexity index is 926. The monoisotopic (exact) mass is 375 g/mol. The number of anilines is 1. The van der Waals surface area contributed by atoms with Crippen molar-refractivity contribution in [1.29, 1.82) is 10.5 Å². The van der Waals surface area contributed by atoms with Crippen molar-refractivity contribution in [2.75, 3.05) is 5.32 Å². The molecule has 6 heteroatoms. The minimum Gasteiger partial charge on any atom is -0.338 e. The first-order valence-corrected chi connectivity index (χ1v) is 7.81. The molecule has 0 saturated heterocycles. The Morgan fingerprint density at radius 3 is 2.21 bits per heavy atom. The van der Waals surface area contributed by atoms with Crippen LogP contribution in [0.2, 0.25) is 0 Å². The van der Waals surface area contributed by atoms with E-state index in [1.165, 1.54) is 0 Å². The van der Waals surface area contributed by atoms with Crippen molar-refractivity contribution >= 4 is 33.3 Å². The van der Waals surface area contributed by atoms with Crippen LogP contribution in [0.5, 0.6) is 0 Å². The van der Waals surface area contributed by atoms with Crippen LogP contribution < -0.4 is 5.32 Å². The molecule has 1 N–H and O–H groups in total. The predicted octanol–water partition coefficient (Wildman–Crippen LogP) is 4.02. The smallest absolute Gasteiger partial charge is 0.162 e. The molecule has 1 aliphatic heterocycles. The highest BCUT2D eigenvalue weighted by molar-refractivity contribution is 9.10. The molecule has 1 heterocycles. The van der Waals surface area contributed by atoms with Crippen LogP contribution in [0.1, 0.15) is 5.56 Å². The maximum atomic E-state index is 9.17. The molecule has 3 rings (SSSR count). The van der Waals surface area contributed by atoms with E-state index in [1.807, 2.05) is 66.7 Å². The van der Waals surface area contributed by atoms with Gasteiger partial charge in [-0.15, -0.1) is 0 Å². The number of nitrogens with one attached hydrogen (secondary N) is 1. The zero-order valence-corrected chi connectivity index (χ0v) is 13.9. The van der Waals surface area contributed by atoms with Crippen molar-refractivity contribution in [3.05, 3.63) is 75.9 Å². The summed E-state index contributed by atoms with van der Waals surface area (Å²) in [7, 11) is 0. The molecule has 0 radical (unpaired) electrons. The number of nitrogens with zero attached hydrogens (tertiary/aromatic N) is 4. The Morgan fingerprint density at radius 2 is 1.58 bits per heavy atom. The second kappa shape index (κ2) is 6.91. The summed E-state index contributed by atoms with van der Waals surface area (Å²) >= 11 is 3.38. The summed E-state index contributed by atoms with van der Waals surface area (Å²) < 4.78 is 0.952. The highest BCUT2D eigenvalue weighted by Gasteiger charge is 2.22. The van der Waals surface area contributed by atoms with Gasteiger partial charge in [-0.2, -0.15) is 10.5 Å². The molecule has 2 aromatic carbocycles. The minimum atomic E-state index is -0.0794. The second-order valence-corrected chi connectivity index (χ2v) is 5.76. The van der Waals surface area contributed by atoms with E-state index >= 15 is 0 Å². The normalized spacial score (nSPS) is 12.7. The van der Waals surface area contributed by atoms with E-state index in [-0.39, 0.29) is 11.3 Å². The number of amidine groups is 2. The van der Waals surface area contributed by atoms with E-state index in [0.717, 1.165) is 15.7 Å². The zero-order chi connectivity index (χ0) is 16.9. The van der Waals surface area contributed by atoms with E-state index in [0.29, 0.717) is 11.7 Å². The lowest BCUT2D eigenvalue weighted by Gasteiger charge is -2.06. The first-order chi connectivity index (χ1) is 11.7. The standard InChI is InChI=1S/C18H10BrN5/c19-14-6-8-15(9-7-14)22-18-16(13(10-20)11-21)23-17(24-18)12-4-2-1-3-5-12/h1-9H,(H,22,23,24). The third-order valence-corrected chi connectivity index (χ3v) is 3.79. The molecule has 0 saturated carbocycles. The van der Waals surface area contributed by atoms with E-state index in [4.69, 9.17) is 0 Å². The number of nitriles is 2. The number of halogens is 1. The summed E-state index contributed by atoms with van der Waals surface area (Å²) in [6.45, 7) is 0. The molecule has 0 bridgehead atoms. The van der Waals surface area contributed by atoms with Crippen molar-refractivity contribution in [3.8, 4) is 12.1 Å². The topological polar surface area (TPSA) is 84.3 Å². The lowest BCUT2D eigenvalue weighted by molar-refractivity contribution is 1.38. The maximum absolute atomic E-state index is 9.17. The van der Waals surface area contributed by atoms with Gasteiger partial charge in [-0.3, -0.25) is 0 Å². The van der Waals surface area contributed by atoms with Gasteiger partial charge in [0.2, 0.25) is 0 Å². The molecule has 1 aliphatic rings. The SMILES string of the molecule is N#CC(C#N)=C1N=C(c2ccccc2)N=C1Nc1ccc(Br)cc1. The Kier molecular flexibility index (Phi) is 4.51. The summed E-state index contributed by atoms with van der Waals surface area (Å²) in [6, 6.07) is 20.7. The summed E-state index contributed by atoms with van der Waals surface area (Å²) in [5.41, 5.74) is 1.78. The zero-order valence-electron chi connectivity index (χ0n) is 12.4. The van der Waals surface area contributed by atoms with Crippen molar-refractivity contribution in [2.45, 2.75) is 0 Å². The number of rotatable bonds is 2. The van der Waals surface area contributed by atoms with Gasteiger partial charge < -0.3 is 5.32 Å². The van der Waals surface area contributed by atoms with Crippen LogP contribution in [0.3, 0.4) is 0 Å². The molecule has 0 atom stereocenters. The minimum absolute atomic E-state index is 0.0794. The van der Waals surface area contributed by atoms with Crippen molar-refractivity contribution < 1.29 is 0 Å². The second-order valence-electron chi connectivity index (χ2n) is 4.84. The fourth-order valence-electron chi connectivity index (χ4n) is 2.12. The first kappa shape index (κ1) is 15.7. The Hall–Kier alpha value is -3.22. The van der Waals surface area contributed by atoms with Crippen LogP contribution in [-0.4, -0.2) is 11.7 Å². The molecule has 2 aromatic rings. The number of hydrogen-bond acceptors (Lipinski definition) is 5. The Labute approximate surface area is 147 Å². The molecule has 0 spiro atoms. The van der Waals surface area contributed by atoms with Gasteiger partial charge in [-0.1, -0.05) is 46.3 Å². The lowest BCUT2D eigenvalue weighted by atomic mass is 10.2. The van der Waals surface area contributed by atoms with Gasteiger partial charge in [-0.25, -0.2) is 9.98 Å². The number of benzene rings is 2. The van der Waals surface area contributed by atoms with Crippen LogP contribution in [-0.2, 0) is 0 Å². The predicted molar refractivity (Wildman–Crippen MR) is 96.4 cm³/mol. The number of hydrogen-bond donors (Lipinski definition) is 1. The van der Waals surface area contributed by atoms with Gasteiger partial charge >= 0.3 is 0 Å². The molecule has 0 amide bonds. The lowest BCUT2D eigenvalue weighted by Crippen LogP contribution is -2.13. The van der Waals surface area contributed by atoms with Gasteiger partial charge in [0.1, 0.15) is 17.8 Å². The van der Waals surface area contributed by atoms with Crippen LogP contribution in [0.4, 0.5) is 5.69 Å². The van der Waals surface area contributed by atoms with Crippen LogP contribution in [0.25, 0.3) is 0 Å². The molecule has 5 nitrogen and oxygen atoms in total. The molecule has 114 valence electrons. The van der Waals surface area contributed by atoms with Gasteiger partial charge in [0.25, 0.3) is 0 Å². The molecule has 0 aromatic heterocycles. The Morgan fingerprint density at radius 1 is 0.917 bits per heavy atom. The number of allylic oxidation sites excluding steroid dienone is 1. The molecule has 0 unspecified atom stereocenters. The van der Waals surface area contributed by atoms with Gasteiger partial charge in [0, 0.05) is 15.7 Å². The van der Waals surface area contributed by atoms with Crippen LogP contribution in [0, 0.1) is 22.7 Å². The van der Waals surface area contributed by atoms with Crippen LogP contribution >= 0.6 is 15.9 Å². The van der Waals surface area contributed by atoms with Gasteiger partial charge in [0.05, 0.1) is 0 Å². The third kappa shape index (κ3) is 3.24. The van der Waals surface area contributed by atoms with E-state index in [9.17, 15) is 10.5 Å². The average molecular weight is 376 g/mol. The van der Waals surface area contributed by atoms with Gasteiger partial charge in [0.15, 0.2) is 17.2 Å². The first-order valence-electron chi connectivity index (χ1n) is 7.01. The maximum Gasteiger partial charge on any atom is 0.162 e. The summed E-state index contributed by atoms with van der Waals surface area (Å²) in [4.78, 5) is 8.83. The molecule has 0 aliphatic carbocycles. The van der Waals surface area contributed by atoms with Crippen LogP contribution in [0.15, 0.2) is 80.3 Å². The van der Waals surface area contributed by atoms with Gasteiger partial charge in [-0.05, 0) is 24.3 Å². The van der Waals surface area contributed by atoms with Crippen molar-refractivity contribution in [3.63, 3.8) is 0 Å². The van der Waals surface area contributed by atoms with E-state index in [1.54, 1.807) is 0 Å². The quantitative estimate of drug-likeness (QED) is 0.804. The highest BCUT2D eigenvalue weighted by atomic mass is 79.9. The molecular weight excluding hydrogens is 366 g/mol. The average Bonchev–Trinajstić information content (AvgIpc) is 3.03. The van der Waals surface area contributed by atoms with Crippen molar-refractivity contribution in [2.24, 2.45) is 9.98 Å². The fourth-order valence-corrected chi connectivity index (χ4v) is 2.39. The summed E-state index contributed by atoms with van der Waals surface area (Å²) in [5.74, 6) is 0.850. The molecule has 0 fully saturated rings. The summed E-state index contributed by atoms with van der Waals surface area (Å²) in [5, 5.41) is 21.5. The van der Waals surface area contributed by atoms with E-state index in [2.05, 4.69) is 31.2 Å². The fraction of sp³-hybridized carbons (Fsp3) is 0.